The molecule has 0 unspecified atom stereocenters. The normalized spacial score (nSPS) is 13.2. The van der Waals surface area contributed by atoms with Crippen molar-refractivity contribution in [3.8, 4) is 0 Å². The summed E-state index contributed by atoms with van der Waals surface area (Å²) < 4.78 is 0. The molecule has 1 aromatic heterocycles. The second kappa shape index (κ2) is 4.60. The molecule has 0 aromatic carbocycles. The van der Waals surface area contributed by atoms with E-state index in [1.54, 1.807) is 18.3 Å². The first-order valence-electron chi connectivity index (χ1n) is 4.12. The highest BCUT2D eigenvalue weighted by Crippen LogP contribution is 2.14. The molecule has 2 nitrogen and oxygen atoms in total. The molecule has 2 N–H and O–H groups in total. The fourth-order valence-corrected chi connectivity index (χ4v) is 1.84. The van der Waals surface area contributed by atoms with E-state index in [1.165, 1.54) is 9.75 Å². The average molecular weight is 185 g/mol. The lowest BCUT2D eigenvalue weighted by atomic mass is 10.4. The summed E-state index contributed by atoms with van der Waals surface area (Å²) in [5.74, 6) is 0. The summed E-state index contributed by atoms with van der Waals surface area (Å²) in [6, 6.07) is 4.24. The van der Waals surface area contributed by atoms with Crippen LogP contribution in [0.15, 0.2) is 12.1 Å². The molecule has 12 heavy (non-hydrogen) atoms. The molecule has 68 valence electrons. The topological polar surface area (TPSA) is 32.3 Å². The van der Waals surface area contributed by atoms with Crippen molar-refractivity contribution in [1.82, 2.24) is 5.32 Å². The van der Waals surface area contributed by atoms with Gasteiger partial charge in [-0.3, -0.25) is 0 Å². The minimum Gasteiger partial charge on any atom is -0.392 e. The first kappa shape index (κ1) is 9.71. The Morgan fingerprint density at radius 1 is 1.58 bits per heavy atom. The van der Waals surface area contributed by atoms with Crippen molar-refractivity contribution in [3.63, 3.8) is 0 Å². The fourth-order valence-electron chi connectivity index (χ4n) is 0.984. The average Bonchev–Trinajstić information content (AvgIpc) is 2.35. The smallest absolute Gasteiger partial charge is 0.0636 e. The van der Waals surface area contributed by atoms with E-state index in [0.29, 0.717) is 6.54 Å². The number of aliphatic hydroxyl groups excluding tert-OH is 1. The van der Waals surface area contributed by atoms with Crippen LogP contribution in [0.2, 0.25) is 0 Å². The molecule has 0 saturated heterocycles. The van der Waals surface area contributed by atoms with E-state index < -0.39 is 0 Å². The van der Waals surface area contributed by atoms with Gasteiger partial charge in [-0.2, -0.15) is 0 Å². The van der Waals surface area contributed by atoms with Gasteiger partial charge in [0.15, 0.2) is 0 Å². The Balaban J connectivity index is 2.24. The number of rotatable bonds is 4. The second-order valence-corrected chi connectivity index (χ2v) is 4.36. The van der Waals surface area contributed by atoms with E-state index in [-0.39, 0.29) is 6.10 Å². The molecule has 0 aliphatic rings. The van der Waals surface area contributed by atoms with Gasteiger partial charge in [-0.1, -0.05) is 0 Å². The Morgan fingerprint density at radius 3 is 2.83 bits per heavy atom. The Kier molecular flexibility index (Phi) is 3.72. The zero-order chi connectivity index (χ0) is 8.97. The maximum absolute atomic E-state index is 8.98. The number of aryl methyl sites for hydroxylation is 1. The third-order valence-electron chi connectivity index (χ3n) is 1.53. The lowest BCUT2D eigenvalue weighted by Crippen LogP contribution is -2.23. The summed E-state index contributed by atoms with van der Waals surface area (Å²) in [5.41, 5.74) is 0. The van der Waals surface area contributed by atoms with Crippen molar-refractivity contribution < 1.29 is 5.11 Å². The first-order chi connectivity index (χ1) is 5.68. The highest BCUT2D eigenvalue weighted by molar-refractivity contribution is 7.11. The number of thiophene rings is 1. The van der Waals surface area contributed by atoms with Crippen LogP contribution >= 0.6 is 11.3 Å². The van der Waals surface area contributed by atoms with Crippen LogP contribution in [0.5, 0.6) is 0 Å². The number of hydrogen-bond donors (Lipinski definition) is 2. The molecule has 1 heterocycles. The van der Waals surface area contributed by atoms with Crippen molar-refractivity contribution in [3.05, 3.63) is 21.9 Å². The Bertz CT molecular complexity index is 232. The molecule has 0 aliphatic carbocycles. The predicted octanol–water partition coefficient (Wildman–Crippen LogP) is 1.53. The summed E-state index contributed by atoms with van der Waals surface area (Å²) in [7, 11) is 0. The van der Waals surface area contributed by atoms with Crippen LogP contribution in [-0.2, 0) is 6.54 Å². The van der Waals surface area contributed by atoms with Crippen LogP contribution in [0, 0.1) is 6.92 Å². The molecular formula is C9H15NOS. The van der Waals surface area contributed by atoms with Crippen LogP contribution in [0.4, 0.5) is 0 Å². The maximum Gasteiger partial charge on any atom is 0.0636 e. The highest BCUT2D eigenvalue weighted by atomic mass is 32.1. The Morgan fingerprint density at radius 2 is 2.33 bits per heavy atom. The van der Waals surface area contributed by atoms with Gasteiger partial charge in [0.25, 0.3) is 0 Å². The predicted molar refractivity (Wildman–Crippen MR) is 52.4 cm³/mol. The Hall–Kier alpha value is -0.380. The van der Waals surface area contributed by atoms with Gasteiger partial charge in [0.05, 0.1) is 6.10 Å². The van der Waals surface area contributed by atoms with E-state index in [0.717, 1.165) is 6.54 Å². The molecule has 0 aliphatic heterocycles. The van der Waals surface area contributed by atoms with Crippen LogP contribution in [0.1, 0.15) is 16.7 Å². The van der Waals surface area contributed by atoms with Crippen molar-refractivity contribution in [2.75, 3.05) is 6.54 Å². The number of hydrogen-bond acceptors (Lipinski definition) is 3. The third-order valence-corrected chi connectivity index (χ3v) is 2.54. The molecule has 3 heteroatoms. The maximum atomic E-state index is 8.98. The van der Waals surface area contributed by atoms with Gasteiger partial charge in [-0.05, 0) is 26.0 Å². The highest BCUT2D eigenvalue weighted by Gasteiger charge is 1.97. The summed E-state index contributed by atoms with van der Waals surface area (Å²) >= 11 is 1.80. The van der Waals surface area contributed by atoms with Gasteiger partial charge in [0.1, 0.15) is 0 Å². The molecule has 0 saturated carbocycles. The van der Waals surface area contributed by atoms with Crippen LogP contribution in [-0.4, -0.2) is 17.8 Å². The molecule has 1 aromatic rings. The van der Waals surface area contributed by atoms with Crippen molar-refractivity contribution in [2.45, 2.75) is 26.5 Å². The lowest BCUT2D eigenvalue weighted by molar-refractivity contribution is 0.191. The second-order valence-electron chi connectivity index (χ2n) is 2.99. The molecular weight excluding hydrogens is 170 g/mol. The van der Waals surface area contributed by atoms with Gasteiger partial charge >= 0.3 is 0 Å². The summed E-state index contributed by atoms with van der Waals surface area (Å²) in [6.07, 6.45) is -0.258. The van der Waals surface area contributed by atoms with Gasteiger partial charge in [-0.15, -0.1) is 11.3 Å². The first-order valence-corrected chi connectivity index (χ1v) is 4.94. The molecule has 0 spiro atoms. The van der Waals surface area contributed by atoms with Gasteiger partial charge in [0, 0.05) is 22.8 Å². The molecule has 0 amide bonds. The molecule has 0 radical (unpaired) electrons. The van der Waals surface area contributed by atoms with E-state index in [1.807, 2.05) is 0 Å². The van der Waals surface area contributed by atoms with Gasteiger partial charge in [0.2, 0.25) is 0 Å². The van der Waals surface area contributed by atoms with Crippen LogP contribution in [0.25, 0.3) is 0 Å². The Labute approximate surface area is 77.2 Å². The van der Waals surface area contributed by atoms with E-state index >= 15 is 0 Å². The standard InChI is InChI=1S/C9H15NOS/c1-7(11)5-10-6-9-4-3-8(2)12-9/h3-4,7,10-11H,5-6H2,1-2H3/t7-/m0/s1. The molecule has 0 bridgehead atoms. The third kappa shape index (κ3) is 3.34. The van der Waals surface area contributed by atoms with Crippen molar-refractivity contribution >= 4 is 11.3 Å². The monoisotopic (exact) mass is 185 g/mol. The van der Waals surface area contributed by atoms with E-state index in [2.05, 4.69) is 24.4 Å². The fraction of sp³-hybridized carbons (Fsp3) is 0.556. The summed E-state index contributed by atoms with van der Waals surface area (Å²) in [6.45, 7) is 5.41. The largest absolute Gasteiger partial charge is 0.392 e. The number of aliphatic hydroxyl groups is 1. The summed E-state index contributed by atoms with van der Waals surface area (Å²) in [5, 5.41) is 12.2. The van der Waals surface area contributed by atoms with Crippen LogP contribution < -0.4 is 5.32 Å². The minimum absolute atomic E-state index is 0.258. The molecule has 1 atom stereocenters. The van der Waals surface area contributed by atoms with Crippen LogP contribution in [0.3, 0.4) is 0 Å². The van der Waals surface area contributed by atoms with Gasteiger partial charge < -0.3 is 10.4 Å². The van der Waals surface area contributed by atoms with E-state index in [4.69, 9.17) is 5.11 Å². The van der Waals surface area contributed by atoms with Crippen molar-refractivity contribution in [2.24, 2.45) is 0 Å². The van der Waals surface area contributed by atoms with Crippen molar-refractivity contribution in [1.29, 1.82) is 0 Å². The zero-order valence-electron chi connectivity index (χ0n) is 7.50. The minimum atomic E-state index is -0.258. The zero-order valence-corrected chi connectivity index (χ0v) is 8.32. The quantitative estimate of drug-likeness (QED) is 0.745. The molecule has 1 rings (SSSR count). The lowest BCUT2D eigenvalue weighted by Gasteiger charge is -2.04. The van der Waals surface area contributed by atoms with E-state index in [9.17, 15) is 0 Å². The SMILES string of the molecule is Cc1ccc(CNC[C@H](C)O)s1. The number of nitrogens with one attached hydrogen (secondary N) is 1. The summed E-state index contributed by atoms with van der Waals surface area (Å²) in [4.78, 5) is 2.66. The molecule has 0 fully saturated rings. The van der Waals surface area contributed by atoms with Gasteiger partial charge in [-0.25, -0.2) is 0 Å².